The van der Waals surface area contributed by atoms with Gasteiger partial charge in [0.1, 0.15) is 11.6 Å². The van der Waals surface area contributed by atoms with E-state index in [2.05, 4.69) is 6.07 Å². The zero-order valence-corrected chi connectivity index (χ0v) is 23.8. The van der Waals surface area contributed by atoms with Crippen LogP contribution < -0.4 is 4.90 Å². The number of aromatic nitrogens is 2. The van der Waals surface area contributed by atoms with Gasteiger partial charge >= 0.3 is 0 Å². The fourth-order valence-corrected chi connectivity index (χ4v) is 7.38. The van der Waals surface area contributed by atoms with Crippen LogP contribution in [-0.2, 0) is 14.6 Å². The van der Waals surface area contributed by atoms with Crippen LogP contribution in [0.25, 0.3) is 16.8 Å². The molecular weight excluding hydrogens is 565 g/mol. The average Bonchev–Trinajstić information content (AvgIpc) is 3.59. The van der Waals surface area contributed by atoms with Crippen molar-refractivity contribution in [3.63, 3.8) is 0 Å². The highest BCUT2D eigenvalue weighted by Gasteiger charge is 2.50. The summed E-state index contributed by atoms with van der Waals surface area (Å²) in [6, 6.07) is 15.4. The second-order valence-electron chi connectivity index (χ2n) is 11.9. The molecule has 7 nitrogen and oxygen atoms in total. The van der Waals surface area contributed by atoms with Gasteiger partial charge in [-0.05, 0) is 61.2 Å². The van der Waals surface area contributed by atoms with E-state index >= 15 is 0 Å². The smallest absolute Gasteiger partial charge is 0.248 e. The van der Waals surface area contributed by atoms with Gasteiger partial charge in [-0.2, -0.15) is 10.4 Å². The van der Waals surface area contributed by atoms with Crippen LogP contribution in [0.2, 0.25) is 0 Å². The van der Waals surface area contributed by atoms with Crippen LogP contribution in [0, 0.1) is 28.5 Å². The first-order valence-electron chi connectivity index (χ1n) is 14.2. The van der Waals surface area contributed by atoms with Gasteiger partial charge in [0, 0.05) is 61.6 Å². The number of nitriles is 1. The Bertz CT molecular complexity index is 1630. The summed E-state index contributed by atoms with van der Waals surface area (Å²) in [6.07, 6.45) is 2.15. The molecule has 0 N–H and O–H groups in total. The first-order valence-corrected chi connectivity index (χ1v) is 16.0. The van der Waals surface area contributed by atoms with E-state index in [0.717, 1.165) is 5.69 Å². The Morgan fingerprint density at radius 3 is 2.26 bits per heavy atom. The maximum atomic E-state index is 14.9. The van der Waals surface area contributed by atoms with E-state index in [4.69, 9.17) is 5.10 Å². The van der Waals surface area contributed by atoms with Crippen molar-refractivity contribution < 1.29 is 26.4 Å². The molecule has 0 bridgehead atoms. The molecule has 6 rings (SSSR count). The van der Waals surface area contributed by atoms with E-state index in [1.165, 1.54) is 16.8 Å². The fourth-order valence-electron chi connectivity index (χ4n) is 6.18. The summed E-state index contributed by atoms with van der Waals surface area (Å²) in [4.78, 5) is 15.5. The number of sulfone groups is 1. The number of anilines is 1. The Morgan fingerprint density at radius 2 is 1.64 bits per heavy atom. The number of rotatable bonds is 7. The second-order valence-corrected chi connectivity index (χ2v) is 14.2. The van der Waals surface area contributed by atoms with E-state index in [1.807, 2.05) is 29.2 Å². The highest BCUT2D eigenvalue weighted by Crippen LogP contribution is 2.52. The van der Waals surface area contributed by atoms with Crippen LogP contribution in [-0.4, -0.2) is 54.5 Å². The van der Waals surface area contributed by atoms with Gasteiger partial charge in [0.05, 0.1) is 34.4 Å². The molecule has 0 unspecified atom stereocenters. The molecule has 2 saturated carbocycles. The van der Waals surface area contributed by atoms with Crippen LogP contribution in [0.15, 0.2) is 54.7 Å². The number of Topliss-reactive ketones (excluding diaryl/α,β-unsaturated/α-hetero) is 1. The summed E-state index contributed by atoms with van der Waals surface area (Å²) in [6.45, 7) is 0.779. The first-order chi connectivity index (χ1) is 20.0. The third-order valence-electron chi connectivity index (χ3n) is 8.92. The number of benzene rings is 2. The number of halogens is 3. The number of carbonyl (C=O) groups excluding carboxylic acids is 1. The number of hydrogen-bond acceptors (Lipinski definition) is 6. The highest BCUT2D eigenvalue weighted by atomic mass is 32.2. The van der Waals surface area contributed by atoms with Crippen molar-refractivity contribution in [2.24, 2.45) is 11.3 Å². The SMILES string of the molecule is N#CC1(CC(=O)[C@@H]2CCC(F)(F)C[C@H]2c2nn(-c3ccc(F)cc3)cc2-c2ccc(N3CCS(=O)(=O)CC3)cc2)CC1. The molecule has 2 aromatic carbocycles. The van der Waals surface area contributed by atoms with Gasteiger partial charge in [-0.3, -0.25) is 4.79 Å². The van der Waals surface area contributed by atoms with E-state index in [-0.39, 0.29) is 30.1 Å². The van der Waals surface area contributed by atoms with E-state index in [9.17, 15) is 31.6 Å². The molecule has 0 amide bonds. The largest absolute Gasteiger partial charge is 0.369 e. The Morgan fingerprint density at radius 1 is 1.00 bits per heavy atom. The lowest BCUT2D eigenvalue weighted by atomic mass is 9.71. The average molecular weight is 597 g/mol. The molecule has 1 aliphatic heterocycles. The van der Waals surface area contributed by atoms with Crippen molar-refractivity contribution in [1.29, 1.82) is 5.26 Å². The molecule has 3 aromatic rings. The van der Waals surface area contributed by atoms with Crippen molar-refractivity contribution in [3.8, 4) is 22.9 Å². The molecule has 2 heterocycles. The molecule has 0 radical (unpaired) electrons. The molecule has 1 aromatic heterocycles. The van der Waals surface area contributed by atoms with Crippen molar-refractivity contribution in [2.45, 2.75) is 50.4 Å². The van der Waals surface area contributed by atoms with Gasteiger partial charge in [0.25, 0.3) is 0 Å². The summed E-state index contributed by atoms with van der Waals surface area (Å²) in [5.74, 6) is -4.95. The monoisotopic (exact) mass is 596 g/mol. The molecule has 3 fully saturated rings. The standard InChI is InChI=1S/C31H31F3N4O3S/c32-22-3-7-24(8-4-22)38-19-27(21-1-5-23(6-2-21)37-13-15-42(40,41)16-14-37)29(36-38)26-17-31(33,34)10-9-25(26)28(39)18-30(20-35)11-12-30/h1-8,19,25-26H,9-18H2/t25-,26-/m1/s1. The Hall–Kier alpha value is -3.65. The van der Waals surface area contributed by atoms with Gasteiger partial charge in [0.15, 0.2) is 9.84 Å². The number of alkyl halides is 2. The maximum Gasteiger partial charge on any atom is 0.248 e. The van der Waals surface area contributed by atoms with E-state index in [1.54, 1.807) is 18.3 Å². The maximum absolute atomic E-state index is 14.9. The molecule has 11 heteroatoms. The lowest BCUT2D eigenvalue weighted by Crippen LogP contribution is -2.40. The summed E-state index contributed by atoms with van der Waals surface area (Å²) in [5, 5.41) is 14.3. The zero-order valence-electron chi connectivity index (χ0n) is 23.0. The predicted octanol–water partition coefficient (Wildman–Crippen LogP) is 5.70. The number of hydrogen-bond donors (Lipinski definition) is 0. The molecule has 0 spiro atoms. The molecule has 3 aliphatic rings. The van der Waals surface area contributed by atoms with Crippen LogP contribution in [0.1, 0.15) is 50.1 Å². The fraction of sp³-hybridized carbons (Fsp3) is 0.452. The van der Waals surface area contributed by atoms with Crippen LogP contribution in [0.5, 0.6) is 0 Å². The first kappa shape index (κ1) is 28.5. The molecule has 1 saturated heterocycles. The third-order valence-corrected chi connectivity index (χ3v) is 10.5. The van der Waals surface area contributed by atoms with Crippen LogP contribution in [0.3, 0.4) is 0 Å². The highest BCUT2D eigenvalue weighted by molar-refractivity contribution is 7.91. The minimum absolute atomic E-state index is 0.0116. The van der Waals surface area contributed by atoms with Gasteiger partial charge in [0.2, 0.25) is 5.92 Å². The summed E-state index contributed by atoms with van der Waals surface area (Å²) < 4.78 is 68.8. The predicted molar refractivity (Wildman–Crippen MR) is 152 cm³/mol. The summed E-state index contributed by atoms with van der Waals surface area (Å²) in [7, 11) is -3.03. The van der Waals surface area contributed by atoms with Crippen molar-refractivity contribution >= 4 is 21.3 Å². The molecule has 2 atom stereocenters. The van der Waals surface area contributed by atoms with Crippen LogP contribution >= 0.6 is 0 Å². The second kappa shape index (κ2) is 10.6. The Balaban J connectivity index is 1.38. The quantitative estimate of drug-likeness (QED) is 0.348. The topological polar surface area (TPSA) is 96.1 Å². The molecule has 42 heavy (non-hydrogen) atoms. The van der Waals surface area contributed by atoms with Crippen molar-refractivity contribution in [1.82, 2.24) is 9.78 Å². The van der Waals surface area contributed by atoms with Crippen molar-refractivity contribution in [3.05, 3.63) is 66.2 Å². The minimum Gasteiger partial charge on any atom is -0.369 e. The zero-order chi connectivity index (χ0) is 29.7. The Kier molecular flexibility index (Phi) is 7.16. The van der Waals surface area contributed by atoms with Gasteiger partial charge in [-0.25, -0.2) is 26.3 Å². The van der Waals surface area contributed by atoms with Gasteiger partial charge in [-0.15, -0.1) is 0 Å². The normalized spacial score (nSPS) is 24.1. The van der Waals surface area contributed by atoms with Gasteiger partial charge < -0.3 is 4.90 Å². The summed E-state index contributed by atoms with van der Waals surface area (Å²) in [5.41, 5.74) is 2.39. The molecule has 2 aliphatic carbocycles. The van der Waals surface area contributed by atoms with Gasteiger partial charge in [-0.1, -0.05) is 12.1 Å². The Labute approximate surface area is 242 Å². The minimum atomic E-state index is -3.03. The van der Waals surface area contributed by atoms with Crippen LogP contribution in [0.4, 0.5) is 18.9 Å². The van der Waals surface area contributed by atoms with Crippen molar-refractivity contribution in [2.75, 3.05) is 29.5 Å². The molecule has 220 valence electrons. The lowest BCUT2D eigenvalue weighted by molar-refractivity contribution is -0.129. The number of ketones is 1. The number of carbonyl (C=O) groups is 1. The number of nitrogens with zero attached hydrogens (tertiary/aromatic N) is 4. The van der Waals surface area contributed by atoms with E-state index in [0.29, 0.717) is 48.4 Å². The van der Waals surface area contributed by atoms with E-state index < -0.39 is 51.7 Å². The third kappa shape index (κ3) is 5.82. The summed E-state index contributed by atoms with van der Waals surface area (Å²) >= 11 is 0. The lowest BCUT2D eigenvalue weighted by Gasteiger charge is -2.35. The molecular formula is C31H31F3N4O3S.